The Bertz CT molecular complexity index is 259. The maximum Gasteiger partial charge on any atom is 0.323 e. The zero-order valence-corrected chi connectivity index (χ0v) is 12.7. The summed E-state index contributed by atoms with van der Waals surface area (Å²) in [6.07, 6.45) is 0.602. The molecule has 0 radical (unpaired) electrons. The van der Waals surface area contributed by atoms with Gasteiger partial charge in [0.2, 0.25) is 0 Å². The second-order valence-electron chi connectivity index (χ2n) is 5.38. The molecule has 0 aromatic heterocycles. The number of hydrogen-bond acceptors (Lipinski definition) is 4. The van der Waals surface area contributed by atoms with Gasteiger partial charge in [-0.15, -0.1) is 0 Å². The van der Waals surface area contributed by atoms with Crippen LogP contribution in [-0.2, 0) is 4.79 Å². The van der Waals surface area contributed by atoms with Crippen LogP contribution in [-0.4, -0.2) is 73.2 Å². The lowest BCUT2D eigenvalue weighted by Gasteiger charge is -2.33. The van der Waals surface area contributed by atoms with Crippen LogP contribution >= 0.6 is 0 Å². The molecule has 0 saturated heterocycles. The highest BCUT2D eigenvalue weighted by Crippen LogP contribution is 2.12. The van der Waals surface area contributed by atoms with Crippen molar-refractivity contribution in [2.75, 3.05) is 40.8 Å². The number of likely N-dealkylation sites (N-methyl/N-ethyl adjacent to an activating group) is 3. The van der Waals surface area contributed by atoms with Crippen LogP contribution in [0.1, 0.15) is 27.2 Å². The van der Waals surface area contributed by atoms with E-state index in [1.165, 1.54) is 0 Å². The van der Waals surface area contributed by atoms with Gasteiger partial charge in [-0.3, -0.25) is 9.69 Å². The first kappa shape index (κ1) is 17.4. The molecule has 5 heteroatoms. The molecular formula is C13H29N3O2. The maximum atomic E-state index is 11.2. The van der Waals surface area contributed by atoms with Crippen LogP contribution in [0.2, 0.25) is 0 Å². The molecule has 0 rings (SSSR count). The molecule has 0 aliphatic carbocycles. The molecule has 2 atom stereocenters. The Kier molecular flexibility index (Phi) is 7.43. The fourth-order valence-electron chi connectivity index (χ4n) is 2.04. The third-order valence-corrected chi connectivity index (χ3v) is 3.58. The number of hydrogen-bond donors (Lipinski definition) is 2. The van der Waals surface area contributed by atoms with Gasteiger partial charge in [0.15, 0.2) is 0 Å². The molecule has 108 valence electrons. The monoisotopic (exact) mass is 259 g/mol. The number of nitrogens with one attached hydrogen (secondary N) is 1. The fourth-order valence-corrected chi connectivity index (χ4v) is 2.04. The van der Waals surface area contributed by atoms with E-state index in [0.29, 0.717) is 12.5 Å². The van der Waals surface area contributed by atoms with Gasteiger partial charge in [-0.05, 0) is 48.0 Å². The smallest absolute Gasteiger partial charge is 0.323 e. The fraction of sp³-hybridized carbons (Fsp3) is 0.923. The largest absolute Gasteiger partial charge is 0.480 e. The molecule has 0 fully saturated rings. The first-order valence-corrected chi connectivity index (χ1v) is 6.58. The van der Waals surface area contributed by atoms with Crippen molar-refractivity contribution in [1.29, 1.82) is 0 Å². The van der Waals surface area contributed by atoms with E-state index >= 15 is 0 Å². The molecule has 0 aromatic rings. The molecule has 0 spiro atoms. The summed E-state index contributed by atoms with van der Waals surface area (Å²) in [5, 5.41) is 12.1. The van der Waals surface area contributed by atoms with E-state index in [4.69, 9.17) is 0 Å². The number of carbonyl (C=O) groups is 1. The summed E-state index contributed by atoms with van der Waals surface area (Å²) in [5.74, 6) is -0.790. The number of carboxylic acid groups (broad SMARTS) is 1. The SMILES string of the molecule is CCN(CCC(C)(NC)C(=O)O)C(C)CN(C)C. The van der Waals surface area contributed by atoms with Gasteiger partial charge >= 0.3 is 5.97 Å². The van der Waals surface area contributed by atoms with Crippen molar-refractivity contribution < 1.29 is 9.90 Å². The molecule has 2 N–H and O–H groups in total. The molecule has 0 aromatic carbocycles. The summed E-state index contributed by atoms with van der Waals surface area (Å²) in [7, 11) is 5.81. The first-order chi connectivity index (χ1) is 8.26. The number of aliphatic carboxylic acids is 1. The van der Waals surface area contributed by atoms with Crippen molar-refractivity contribution in [2.45, 2.75) is 38.8 Å². The molecule has 2 unspecified atom stereocenters. The van der Waals surface area contributed by atoms with E-state index in [1.54, 1.807) is 14.0 Å². The third kappa shape index (κ3) is 5.33. The minimum absolute atomic E-state index is 0.430. The molecule has 0 heterocycles. The highest BCUT2D eigenvalue weighted by Gasteiger charge is 2.31. The summed E-state index contributed by atoms with van der Waals surface area (Å²) >= 11 is 0. The first-order valence-electron chi connectivity index (χ1n) is 6.58. The van der Waals surface area contributed by atoms with E-state index in [-0.39, 0.29) is 0 Å². The Morgan fingerprint density at radius 1 is 1.44 bits per heavy atom. The van der Waals surface area contributed by atoms with Gasteiger partial charge in [0, 0.05) is 19.1 Å². The zero-order valence-electron chi connectivity index (χ0n) is 12.7. The Morgan fingerprint density at radius 2 is 2.00 bits per heavy atom. The standard InChI is InChI=1S/C13H29N3O2/c1-7-16(11(2)10-15(5)6)9-8-13(3,14-4)12(17)18/h11,14H,7-10H2,1-6H3,(H,17,18). The molecule has 18 heavy (non-hydrogen) atoms. The number of rotatable bonds is 9. The molecule has 0 aliphatic rings. The lowest BCUT2D eigenvalue weighted by atomic mass is 9.97. The molecule has 0 bridgehead atoms. The lowest BCUT2D eigenvalue weighted by molar-refractivity contribution is -0.144. The third-order valence-electron chi connectivity index (χ3n) is 3.58. The van der Waals surface area contributed by atoms with Crippen LogP contribution in [0, 0.1) is 0 Å². The van der Waals surface area contributed by atoms with Gasteiger partial charge < -0.3 is 15.3 Å². The maximum absolute atomic E-state index is 11.2. The number of carboxylic acids is 1. The average Bonchev–Trinajstić information content (AvgIpc) is 2.28. The van der Waals surface area contributed by atoms with E-state index in [2.05, 4.69) is 43.1 Å². The minimum Gasteiger partial charge on any atom is -0.480 e. The molecule has 5 nitrogen and oxygen atoms in total. The van der Waals surface area contributed by atoms with Crippen molar-refractivity contribution in [1.82, 2.24) is 15.1 Å². The van der Waals surface area contributed by atoms with Crippen LogP contribution in [0.15, 0.2) is 0 Å². The molecule has 0 amide bonds. The van der Waals surface area contributed by atoms with Crippen LogP contribution < -0.4 is 5.32 Å². The van der Waals surface area contributed by atoms with Crippen molar-refractivity contribution in [3.8, 4) is 0 Å². The van der Waals surface area contributed by atoms with E-state index in [9.17, 15) is 9.90 Å². The highest BCUT2D eigenvalue weighted by molar-refractivity contribution is 5.78. The molecule has 0 aliphatic heterocycles. The second-order valence-corrected chi connectivity index (χ2v) is 5.38. The van der Waals surface area contributed by atoms with Crippen LogP contribution in [0.25, 0.3) is 0 Å². The quantitative estimate of drug-likeness (QED) is 0.639. The van der Waals surface area contributed by atoms with Crippen LogP contribution in [0.3, 0.4) is 0 Å². The normalized spacial score (nSPS) is 16.9. The molecular weight excluding hydrogens is 230 g/mol. The predicted molar refractivity (Wildman–Crippen MR) is 75.0 cm³/mol. The predicted octanol–water partition coefficient (Wildman–Crippen LogP) is 0.711. The van der Waals surface area contributed by atoms with Crippen molar-refractivity contribution in [3.63, 3.8) is 0 Å². The topological polar surface area (TPSA) is 55.8 Å². The Morgan fingerprint density at radius 3 is 2.33 bits per heavy atom. The van der Waals surface area contributed by atoms with E-state index < -0.39 is 11.5 Å². The van der Waals surface area contributed by atoms with Crippen molar-refractivity contribution in [3.05, 3.63) is 0 Å². The Balaban J connectivity index is 4.42. The number of nitrogens with zero attached hydrogens (tertiary/aromatic N) is 2. The Labute approximate surface area is 111 Å². The lowest BCUT2D eigenvalue weighted by Crippen LogP contribution is -2.51. The van der Waals surface area contributed by atoms with Crippen LogP contribution in [0.5, 0.6) is 0 Å². The molecule has 0 saturated carbocycles. The summed E-state index contributed by atoms with van der Waals surface area (Å²) in [6.45, 7) is 8.74. The van der Waals surface area contributed by atoms with E-state index in [0.717, 1.165) is 19.6 Å². The van der Waals surface area contributed by atoms with E-state index in [1.807, 2.05) is 0 Å². The summed E-state index contributed by atoms with van der Waals surface area (Å²) in [5.41, 5.74) is -0.842. The van der Waals surface area contributed by atoms with Gasteiger partial charge in [-0.25, -0.2) is 0 Å². The summed E-state index contributed by atoms with van der Waals surface area (Å²) in [6, 6.07) is 0.430. The van der Waals surface area contributed by atoms with Crippen molar-refractivity contribution >= 4 is 5.97 Å². The van der Waals surface area contributed by atoms with Gasteiger partial charge in [-0.1, -0.05) is 6.92 Å². The van der Waals surface area contributed by atoms with Gasteiger partial charge in [0.05, 0.1) is 0 Å². The van der Waals surface area contributed by atoms with Gasteiger partial charge in [-0.2, -0.15) is 0 Å². The highest BCUT2D eigenvalue weighted by atomic mass is 16.4. The van der Waals surface area contributed by atoms with Gasteiger partial charge in [0.1, 0.15) is 5.54 Å². The van der Waals surface area contributed by atoms with Gasteiger partial charge in [0.25, 0.3) is 0 Å². The second kappa shape index (κ2) is 7.71. The summed E-state index contributed by atoms with van der Waals surface area (Å²) < 4.78 is 0. The van der Waals surface area contributed by atoms with Crippen molar-refractivity contribution in [2.24, 2.45) is 0 Å². The minimum atomic E-state index is -0.842. The average molecular weight is 259 g/mol. The zero-order chi connectivity index (χ0) is 14.3. The Hall–Kier alpha value is -0.650. The van der Waals surface area contributed by atoms with Crippen LogP contribution in [0.4, 0.5) is 0 Å². The summed E-state index contributed by atoms with van der Waals surface area (Å²) in [4.78, 5) is 15.7.